The van der Waals surface area contributed by atoms with E-state index >= 15 is 0 Å². The number of thiophene rings is 1. The van der Waals surface area contributed by atoms with Crippen molar-refractivity contribution >= 4 is 37.4 Å². The maximum absolute atomic E-state index is 3.56. The molecule has 2 rings (SSSR count). The molecule has 74 valence electrons. The van der Waals surface area contributed by atoms with Crippen molar-refractivity contribution in [2.75, 3.05) is 0 Å². The van der Waals surface area contributed by atoms with E-state index in [1.165, 1.54) is 26.1 Å². The van der Waals surface area contributed by atoms with Crippen LogP contribution in [0.1, 0.15) is 22.9 Å². The molecule has 1 aromatic carbocycles. The van der Waals surface area contributed by atoms with Crippen LogP contribution >= 0.6 is 27.3 Å². The SMILES string of the molecule is CCc1c(C)sc2cccc(CBr)c12. The zero-order valence-corrected chi connectivity index (χ0v) is 10.8. The van der Waals surface area contributed by atoms with E-state index < -0.39 is 0 Å². The molecule has 1 aromatic heterocycles. The van der Waals surface area contributed by atoms with Gasteiger partial charge in [0.05, 0.1) is 0 Å². The summed E-state index contributed by atoms with van der Waals surface area (Å²) in [5.41, 5.74) is 2.95. The third-order valence-electron chi connectivity index (χ3n) is 2.60. The molecule has 0 fully saturated rings. The standard InChI is InChI=1S/C12H13BrS/c1-3-10-8(2)14-11-6-4-5-9(7-13)12(10)11/h4-6H,3,7H2,1-2H3. The Morgan fingerprint density at radius 3 is 2.79 bits per heavy atom. The molecule has 0 unspecified atom stereocenters. The molecule has 0 saturated heterocycles. The molecule has 0 radical (unpaired) electrons. The fourth-order valence-corrected chi connectivity index (χ4v) is 3.61. The van der Waals surface area contributed by atoms with Crippen LogP contribution in [0.4, 0.5) is 0 Å². The first-order valence-corrected chi connectivity index (χ1v) is 6.77. The Morgan fingerprint density at radius 1 is 1.36 bits per heavy atom. The second kappa shape index (κ2) is 4.03. The Kier molecular flexibility index (Phi) is 2.93. The number of benzene rings is 1. The first-order valence-electron chi connectivity index (χ1n) is 4.83. The first-order chi connectivity index (χ1) is 6.77. The molecule has 0 aliphatic heterocycles. The summed E-state index contributed by atoms with van der Waals surface area (Å²) in [4.78, 5) is 1.47. The van der Waals surface area contributed by atoms with Crippen molar-refractivity contribution < 1.29 is 0 Å². The lowest BCUT2D eigenvalue weighted by Gasteiger charge is -2.01. The molecule has 0 aliphatic carbocycles. The van der Waals surface area contributed by atoms with Gasteiger partial charge in [-0.25, -0.2) is 0 Å². The van der Waals surface area contributed by atoms with Crippen molar-refractivity contribution in [2.24, 2.45) is 0 Å². The first kappa shape index (κ1) is 10.2. The van der Waals surface area contributed by atoms with Crippen molar-refractivity contribution in [1.29, 1.82) is 0 Å². The molecular weight excluding hydrogens is 256 g/mol. The number of fused-ring (bicyclic) bond motifs is 1. The van der Waals surface area contributed by atoms with Gasteiger partial charge < -0.3 is 0 Å². The second-order valence-corrected chi connectivity index (χ2v) is 5.23. The number of alkyl halides is 1. The Hall–Kier alpha value is -0.340. The van der Waals surface area contributed by atoms with Crippen molar-refractivity contribution in [3.8, 4) is 0 Å². The van der Waals surface area contributed by atoms with Crippen molar-refractivity contribution in [3.05, 3.63) is 34.2 Å². The summed E-state index contributed by atoms with van der Waals surface area (Å²) in [6.07, 6.45) is 1.13. The Morgan fingerprint density at radius 2 is 2.14 bits per heavy atom. The van der Waals surface area contributed by atoms with Crippen LogP contribution in [0.3, 0.4) is 0 Å². The average Bonchev–Trinajstić information content (AvgIpc) is 2.52. The molecule has 0 spiro atoms. The number of aryl methyl sites for hydroxylation is 2. The van der Waals surface area contributed by atoms with Gasteiger partial charge in [-0.1, -0.05) is 35.0 Å². The lowest BCUT2D eigenvalue weighted by molar-refractivity contribution is 1.15. The molecule has 1 heterocycles. The van der Waals surface area contributed by atoms with Gasteiger partial charge >= 0.3 is 0 Å². The number of hydrogen-bond donors (Lipinski definition) is 0. The maximum atomic E-state index is 3.56. The van der Waals surface area contributed by atoms with Crippen LogP contribution in [-0.4, -0.2) is 0 Å². The minimum Gasteiger partial charge on any atom is -0.140 e. The van der Waals surface area contributed by atoms with Gasteiger partial charge in [-0.05, 0) is 35.9 Å². The smallest absolute Gasteiger partial charge is 0.0351 e. The quantitative estimate of drug-likeness (QED) is 0.695. The molecule has 14 heavy (non-hydrogen) atoms. The molecule has 2 heteroatoms. The predicted molar refractivity (Wildman–Crippen MR) is 68.6 cm³/mol. The summed E-state index contributed by atoms with van der Waals surface area (Å²) >= 11 is 5.47. The zero-order valence-electron chi connectivity index (χ0n) is 8.43. The van der Waals surface area contributed by atoms with E-state index in [0.717, 1.165) is 11.8 Å². The van der Waals surface area contributed by atoms with Gasteiger partial charge in [0.1, 0.15) is 0 Å². The van der Waals surface area contributed by atoms with Crippen LogP contribution in [0, 0.1) is 6.92 Å². The normalized spacial score (nSPS) is 11.1. The monoisotopic (exact) mass is 268 g/mol. The van der Waals surface area contributed by atoms with Crippen LogP contribution in [0.5, 0.6) is 0 Å². The molecule has 0 bridgehead atoms. The van der Waals surface area contributed by atoms with Crippen molar-refractivity contribution in [2.45, 2.75) is 25.6 Å². The number of hydrogen-bond acceptors (Lipinski definition) is 1. The topological polar surface area (TPSA) is 0 Å². The van der Waals surface area contributed by atoms with Gasteiger partial charge in [0.2, 0.25) is 0 Å². The van der Waals surface area contributed by atoms with Gasteiger partial charge in [0.25, 0.3) is 0 Å². The van der Waals surface area contributed by atoms with Crippen molar-refractivity contribution in [3.63, 3.8) is 0 Å². The molecule has 0 saturated carbocycles. The van der Waals surface area contributed by atoms with Crippen LogP contribution in [0.15, 0.2) is 18.2 Å². The van der Waals surface area contributed by atoms with Gasteiger partial charge in [-0.15, -0.1) is 11.3 Å². The largest absolute Gasteiger partial charge is 0.140 e. The summed E-state index contributed by atoms with van der Waals surface area (Å²) in [5.74, 6) is 0. The lowest BCUT2D eigenvalue weighted by Crippen LogP contribution is -1.84. The molecule has 0 aliphatic rings. The van der Waals surface area contributed by atoms with Crippen LogP contribution < -0.4 is 0 Å². The Labute approximate surface area is 97.1 Å². The predicted octanol–water partition coefficient (Wildman–Crippen LogP) is 4.67. The highest BCUT2D eigenvalue weighted by molar-refractivity contribution is 9.08. The van der Waals surface area contributed by atoms with E-state index in [9.17, 15) is 0 Å². The van der Waals surface area contributed by atoms with E-state index in [1.54, 1.807) is 0 Å². The maximum Gasteiger partial charge on any atom is 0.0351 e. The highest BCUT2D eigenvalue weighted by atomic mass is 79.9. The fourth-order valence-electron chi connectivity index (χ4n) is 1.94. The molecular formula is C12H13BrS. The van der Waals surface area contributed by atoms with Crippen LogP contribution in [0.25, 0.3) is 10.1 Å². The summed E-state index contributed by atoms with van der Waals surface area (Å²) in [5, 5.41) is 2.43. The molecule has 0 amide bonds. The van der Waals surface area contributed by atoms with E-state index in [0.29, 0.717) is 0 Å². The molecule has 0 nitrogen and oxygen atoms in total. The summed E-state index contributed by atoms with van der Waals surface area (Å²) in [6.45, 7) is 4.46. The number of rotatable bonds is 2. The second-order valence-electron chi connectivity index (χ2n) is 3.41. The van der Waals surface area contributed by atoms with Gasteiger partial charge in [-0.3, -0.25) is 0 Å². The van der Waals surface area contributed by atoms with Gasteiger partial charge in [0.15, 0.2) is 0 Å². The van der Waals surface area contributed by atoms with E-state index in [1.807, 2.05) is 11.3 Å². The van der Waals surface area contributed by atoms with Gasteiger partial charge in [-0.2, -0.15) is 0 Å². The van der Waals surface area contributed by atoms with Crippen LogP contribution in [0.2, 0.25) is 0 Å². The third-order valence-corrected chi connectivity index (χ3v) is 4.32. The number of halogens is 1. The molecule has 0 atom stereocenters. The third kappa shape index (κ3) is 1.51. The fraction of sp³-hybridized carbons (Fsp3) is 0.333. The van der Waals surface area contributed by atoms with E-state index in [4.69, 9.17) is 0 Å². The van der Waals surface area contributed by atoms with Crippen LogP contribution in [-0.2, 0) is 11.8 Å². The summed E-state index contributed by atoms with van der Waals surface area (Å²) in [6, 6.07) is 6.58. The minimum atomic E-state index is 0.952. The molecule has 0 N–H and O–H groups in total. The van der Waals surface area contributed by atoms with Gasteiger partial charge in [0, 0.05) is 14.9 Å². The summed E-state index contributed by atoms with van der Waals surface area (Å²) < 4.78 is 1.43. The highest BCUT2D eigenvalue weighted by Gasteiger charge is 2.09. The average molecular weight is 269 g/mol. The lowest BCUT2D eigenvalue weighted by atomic mass is 10.0. The van der Waals surface area contributed by atoms with E-state index in [2.05, 4.69) is 48.0 Å². The van der Waals surface area contributed by atoms with E-state index in [-0.39, 0.29) is 0 Å². The minimum absolute atomic E-state index is 0.952. The Balaban J connectivity index is 2.82. The molecule has 2 aromatic rings. The zero-order chi connectivity index (χ0) is 10.1. The van der Waals surface area contributed by atoms with Crippen molar-refractivity contribution in [1.82, 2.24) is 0 Å². The highest BCUT2D eigenvalue weighted by Crippen LogP contribution is 2.34. The Bertz CT molecular complexity index is 457. The summed E-state index contributed by atoms with van der Waals surface area (Å²) in [7, 11) is 0.